The van der Waals surface area contributed by atoms with Crippen LogP contribution in [0.25, 0.3) is 0 Å². The summed E-state index contributed by atoms with van der Waals surface area (Å²) in [6.45, 7) is 6.99. The van der Waals surface area contributed by atoms with Crippen molar-refractivity contribution in [2.45, 2.75) is 65.3 Å². The second-order valence-electron chi connectivity index (χ2n) is 7.29. The van der Waals surface area contributed by atoms with Gasteiger partial charge in [-0.1, -0.05) is 40.0 Å². The molecule has 1 aliphatic rings. The van der Waals surface area contributed by atoms with Crippen LogP contribution < -0.4 is 0 Å². The summed E-state index contributed by atoms with van der Waals surface area (Å²) in [5.74, 6) is 0. The van der Waals surface area contributed by atoms with Gasteiger partial charge < -0.3 is 5.11 Å². The van der Waals surface area contributed by atoms with Gasteiger partial charge in [0.25, 0.3) is 10.2 Å². The van der Waals surface area contributed by atoms with E-state index in [-0.39, 0.29) is 18.1 Å². The molecule has 6 heteroatoms. The quantitative estimate of drug-likeness (QED) is 0.782. The molecule has 126 valence electrons. The first-order valence-corrected chi connectivity index (χ1v) is 9.42. The molecule has 0 aliphatic heterocycles. The molecule has 0 atom stereocenters. The van der Waals surface area contributed by atoms with Crippen LogP contribution in [0.1, 0.15) is 59.3 Å². The fourth-order valence-corrected chi connectivity index (χ4v) is 4.73. The van der Waals surface area contributed by atoms with E-state index in [2.05, 4.69) is 0 Å². The second kappa shape index (κ2) is 7.90. The molecule has 5 nitrogen and oxygen atoms in total. The Morgan fingerprint density at radius 2 is 1.71 bits per heavy atom. The molecule has 0 radical (unpaired) electrons. The minimum Gasteiger partial charge on any atom is -0.396 e. The van der Waals surface area contributed by atoms with E-state index in [1.807, 2.05) is 20.8 Å². The minimum atomic E-state index is -3.45. The lowest BCUT2D eigenvalue weighted by Crippen LogP contribution is -2.49. The highest BCUT2D eigenvalue weighted by Crippen LogP contribution is 2.26. The molecule has 0 spiro atoms. The van der Waals surface area contributed by atoms with Gasteiger partial charge >= 0.3 is 0 Å². The highest BCUT2D eigenvalue weighted by atomic mass is 32.2. The van der Waals surface area contributed by atoms with Gasteiger partial charge in [0.2, 0.25) is 0 Å². The number of hydrogen-bond donors (Lipinski definition) is 1. The van der Waals surface area contributed by atoms with Crippen molar-refractivity contribution in [3.63, 3.8) is 0 Å². The summed E-state index contributed by atoms with van der Waals surface area (Å²) >= 11 is 0. The van der Waals surface area contributed by atoms with Gasteiger partial charge in [0, 0.05) is 32.8 Å². The Hall–Kier alpha value is -0.170. The van der Waals surface area contributed by atoms with Crippen molar-refractivity contribution in [1.29, 1.82) is 0 Å². The van der Waals surface area contributed by atoms with Crippen molar-refractivity contribution in [2.24, 2.45) is 5.41 Å². The lowest BCUT2D eigenvalue weighted by atomic mass is 9.96. The zero-order valence-electron chi connectivity index (χ0n) is 14.0. The van der Waals surface area contributed by atoms with Gasteiger partial charge in [-0.15, -0.1) is 0 Å². The zero-order chi connectivity index (χ0) is 16.1. The predicted octanol–water partition coefficient (Wildman–Crippen LogP) is 2.23. The molecule has 0 aromatic heterocycles. The predicted molar refractivity (Wildman–Crippen MR) is 86.3 cm³/mol. The van der Waals surface area contributed by atoms with E-state index in [9.17, 15) is 8.42 Å². The average molecular weight is 320 g/mol. The van der Waals surface area contributed by atoms with Gasteiger partial charge in [0.15, 0.2) is 0 Å². The number of nitrogens with zero attached hydrogens (tertiary/aromatic N) is 2. The van der Waals surface area contributed by atoms with Crippen LogP contribution in [-0.2, 0) is 10.2 Å². The van der Waals surface area contributed by atoms with Crippen molar-refractivity contribution in [3.8, 4) is 0 Å². The van der Waals surface area contributed by atoms with Crippen LogP contribution in [0.5, 0.6) is 0 Å². The maximum Gasteiger partial charge on any atom is 0.281 e. The fraction of sp³-hybridized carbons (Fsp3) is 1.00. The molecule has 0 bridgehead atoms. The molecule has 1 aliphatic carbocycles. The Balaban J connectivity index is 2.85. The number of aliphatic hydroxyl groups is 1. The molecule has 0 saturated heterocycles. The summed E-state index contributed by atoms with van der Waals surface area (Å²) in [6.07, 6.45) is 5.83. The first-order chi connectivity index (χ1) is 9.68. The molecule has 0 amide bonds. The zero-order valence-corrected chi connectivity index (χ0v) is 14.8. The summed E-state index contributed by atoms with van der Waals surface area (Å²) in [6, 6.07) is 0.125. The Bertz CT molecular complexity index is 398. The molecule has 21 heavy (non-hydrogen) atoms. The average Bonchev–Trinajstić information content (AvgIpc) is 2.42. The maximum atomic E-state index is 12.9. The standard InChI is InChI=1S/C15H32N2O3S/c1-15(2,3)13-17(11-8-12-18)21(19,20)16(4)14-9-6-5-7-10-14/h14,18H,5-13H2,1-4H3. The number of rotatable bonds is 7. The molecule has 0 heterocycles. The molecule has 1 rings (SSSR count). The second-order valence-corrected chi connectivity index (χ2v) is 9.28. The lowest BCUT2D eigenvalue weighted by Gasteiger charge is -2.36. The number of aliphatic hydroxyl groups excluding tert-OH is 1. The normalized spacial score (nSPS) is 18.6. The Morgan fingerprint density at radius 3 is 2.19 bits per heavy atom. The molecule has 0 unspecified atom stereocenters. The van der Waals surface area contributed by atoms with E-state index < -0.39 is 10.2 Å². The summed E-state index contributed by atoms with van der Waals surface area (Å²) in [7, 11) is -1.74. The molecular weight excluding hydrogens is 288 g/mol. The molecule has 0 aromatic carbocycles. The third-order valence-electron chi connectivity index (χ3n) is 4.00. The van der Waals surface area contributed by atoms with Crippen molar-refractivity contribution in [3.05, 3.63) is 0 Å². The minimum absolute atomic E-state index is 0.0172. The van der Waals surface area contributed by atoms with Gasteiger partial charge in [-0.2, -0.15) is 17.0 Å². The van der Waals surface area contributed by atoms with E-state index in [0.29, 0.717) is 19.5 Å². The van der Waals surface area contributed by atoms with E-state index in [4.69, 9.17) is 5.11 Å². The molecule has 0 aromatic rings. The van der Waals surface area contributed by atoms with Crippen LogP contribution >= 0.6 is 0 Å². The van der Waals surface area contributed by atoms with Crippen molar-refractivity contribution in [2.75, 3.05) is 26.7 Å². The van der Waals surface area contributed by atoms with Gasteiger partial charge in [-0.25, -0.2) is 0 Å². The van der Waals surface area contributed by atoms with Gasteiger partial charge in [-0.3, -0.25) is 0 Å². The Kier molecular flexibility index (Phi) is 7.10. The van der Waals surface area contributed by atoms with E-state index in [1.165, 1.54) is 10.7 Å². The van der Waals surface area contributed by atoms with Crippen LogP contribution in [0.4, 0.5) is 0 Å². The highest BCUT2D eigenvalue weighted by molar-refractivity contribution is 7.86. The molecule has 1 saturated carbocycles. The third kappa shape index (κ3) is 5.85. The van der Waals surface area contributed by atoms with E-state index in [0.717, 1.165) is 25.7 Å². The summed E-state index contributed by atoms with van der Waals surface area (Å²) in [5.41, 5.74) is -0.101. The summed E-state index contributed by atoms with van der Waals surface area (Å²) in [4.78, 5) is 0. The highest BCUT2D eigenvalue weighted by Gasteiger charge is 2.34. The van der Waals surface area contributed by atoms with Gasteiger partial charge in [0.05, 0.1) is 0 Å². The van der Waals surface area contributed by atoms with Crippen LogP contribution in [-0.4, -0.2) is 54.9 Å². The van der Waals surface area contributed by atoms with Crippen molar-refractivity contribution in [1.82, 2.24) is 8.61 Å². The van der Waals surface area contributed by atoms with Crippen LogP contribution in [0.3, 0.4) is 0 Å². The van der Waals surface area contributed by atoms with Crippen molar-refractivity contribution >= 4 is 10.2 Å². The summed E-state index contributed by atoms with van der Waals surface area (Å²) < 4.78 is 28.9. The third-order valence-corrected chi connectivity index (χ3v) is 5.99. The summed E-state index contributed by atoms with van der Waals surface area (Å²) in [5, 5.41) is 9.03. The van der Waals surface area contributed by atoms with Gasteiger partial charge in [-0.05, 0) is 24.7 Å². The molecule has 1 N–H and O–H groups in total. The molecule has 1 fully saturated rings. The first-order valence-electron chi connectivity index (χ1n) is 8.02. The monoisotopic (exact) mass is 320 g/mol. The number of hydrogen-bond acceptors (Lipinski definition) is 3. The van der Waals surface area contributed by atoms with Crippen LogP contribution in [0, 0.1) is 5.41 Å². The fourth-order valence-electron chi connectivity index (χ4n) is 2.87. The van der Waals surface area contributed by atoms with E-state index >= 15 is 0 Å². The topological polar surface area (TPSA) is 60.9 Å². The van der Waals surface area contributed by atoms with Crippen molar-refractivity contribution < 1.29 is 13.5 Å². The van der Waals surface area contributed by atoms with Gasteiger partial charge in [0.1, 0.15) is 0 Å². The smallest absolute Gasteiger partial charge is 0.281 e. The van der Waals surface area contributed by atoms with Crippen LogP contribution in [0.2, 0.25) is 0 Å². The largest absolute Gasteiger partial charge is 0.396 e. The van der Waals surface area contributed by atoms with E-state index in [1.54, 1.807) is 11.4 Å². The SMILES string of the molecule is CN(C1CCCCC1)S(=O)(=O)N(CCCO)CC(C)(C)C. The first kappa shape index (κ1) is 18.9. The Labute approximate surface area is 130 Å². The maximum absolute atomic E-state index is 12.9. The van der Waals surface area contributed by atoms with Crippen LogP contribution in [0.15, 0.2) is 0 Å². The lowest BCUT2D eigenvalue weighted by molar-refractivity contribution is 0.217. The Morgan fingerprint density at radius 1 is 1.14 bits per heavy atom. The molecular formula is C15H32N2O3S.